The molecule has 2 aromatic carbocycles. The number of Topliss-reactive ketones (excluding diaryl/α,β-unsaturated/α-hetero) is 1. The number of benzene rings is 2. The van der Waals surface area contributed by atoms with Crippen molar-refractivity contribution in [3.05, 3.63) is 59.7 Å². The normalized spacial score (nSPS) is 28.5. The summed E-state index contributed by atoms with van der Waals surface area (Å²) in [4.78, 5) is 12.5. The molecule has 1 saturated carbocycles. The maximum absolute atomic E-state index is 12.5. The minimum absolute atomic E-state index is 0.0267. The zero-order valence-corrected chi connectivity index (χ0v) is 13.5. The van der Waals surface area contributed by atoms with E-state index < -0.39 is 6.29 Å². The van der Waals surface area contributed by atoms with E-state index in [1.54, 1.807) is 7.11 Å². The molecule has 0 radical (unpaired) electrons. The second kappa shape index (κ2) is 5.95. The van der Waals surface area contributed by atoms with Crippen LogP contribution in [0.5, 0.6) is 11.5 Å². The second-order valence-corrected chi connectivity index (χ2v) is 6.53. The molecule has 4 rings (SSSR count). The molecule has 1 aliphatic heterocycles. The summed E-state index contributed by atoms with van der Waals surface area (Å²) in [5, 5.41) is 10.7. The van der Waals surface area contributed by atoms with Crippen LogP contribution in [-0.4, -0.2) is 24.3 Å². The van der Waals surface area contributed by atoms with Crippen molar-refractivity contribution >= 4 is 5.78 Å². The Balaban J connectivity index is 1.81. The summed E-state index contributed by atoms with van der Waals surface area (Å²) in [5.41, 5.74) is 1.98. The number of hydrogen-bond acceptors (Lipinski definition) is 4. The standard InChI is InChI=1S/C20H20O4/c1-23-17-8-4-2-6-13(17)15-10-12(21)11-16-14-7-3-5-9-18(14)24-20(22)19(15)16/h2-9,15-16,19-20,22H,10-11H2,1H3/t15-,16+,19-,20+/m1/s1. The molecule has 0 bridgehead atoms. The predicted octanol–water partition coefficient (Wildman–Crippen LogP) is 3.25. The van der Waals surface area contributed by atoms with Crippen LogP contribution < -0.4 is 9.47 Å². The second-order valence-electron chi connectivity index (χ2n) is 6.53. The highest BCUT2D eigenvalue weighted by atomic mass is 16.6. The third-order valence-electron chi connectivity index (χ3n) is 5.26. The van der Waals surface area contributed by atoms with Crippen LogP contribution in [0, 0.1) is 5.92 Å². The minimum Gasteiger partial charge on any atom is -0.496 e. The molecule has 0 spiro atoms. The largest absolute Gasteiger partial charge is 0.496 e. The van der Waals surface area contributed by atoms with E-state index in [0.29, 0.717) is 18.6 Å². The highest BCUT2D eigenvalue weighted by Gasteiger charge is 2.47. The molecule has 4 atom stereocenters. The molecular formula is C20H20O4. The van der Waals surface area contributed by atoms with E-state index in [1.807, 2.05) is 48.5 Å². The number of rotatable bonds is 2. The molecule has 0 unspecified atom stereocenters. The lowest BCUT2D eigenvalue weighted by Gasteiger charge is -2.44. The molecule has 2 aromatic rings. The summed E-state index contributed by atoms with van der Waals surface area (Å²) in [6.07, 6.45) is -0.0642. The summed E-state index contributed by atoms with van der Waals surface area (Å²) >= 11 is 0. The summed E-state index contributed by atoms with van der Waals surface area (Å²) in [7, 11) is 1.63. The van der Waals surface area contributed by atoms with Crippen LogP contribution in [0.3, 0.4) is 0 Å². The summed E-state index contributed by atoms with van der Waals surface area (Å²) in [6.45, 7) is 0. The first-order valence-corrected chi connectivity index (χ1v) is 8.27. The van der Waals surface area contributed by atoms with Gasteiger partial charge in [0, 0.05) is 30.6 Å². The quantitative estimate of drug-likeness (QED) is 0.921. The first kappa shape index (κ1) is 15.2. The van der Waals surface area contributed by atoms with Gasteiger partial charge in [-0.3, -0.25) is 4.79 Å². The van der Waals surface area contributed by atoms with Crippen LogP contribution in [0.1, 0.15) is 35.8 Å². The van der Waals surface area contributed by atoms with Gasteiger partial charge in [0.15, 0.2) is 0 Å². The fourth-order valence-electron chi connectivity index (χ4n) is 4.23. The van der Waals surface area contributed by atoms with E-state index >= 15 is 0 Å². The minimum atomic E-state index is -0.923. The van der Waals surface area contributed by atoms with E-state index in [0.717, 1.165) is 16.9 Å². The molecule has 4 heteroatoms. The van der Waals surface area contributed by atoms with E-state index in [9.17, 15) is 9.90 Å². The van der Waals surface area contributed by atoms with Crippen molar-refractivity contribution in [2.24, 2.45) is 5.92 Å². The van der Waals surface area contributed by atoms with Gasteiger partial charge in [-0.1, -0.05) is 36.4 Å². The summed E-state index contributed by atoms with van der Waals surface area (Å²) in [6, 6.07) is 15.4. The van der Waals surface area contributed by atoms with Crippen molar-refractivity contribution in [3.8, 4) is 11.5 Å². The van der Waals surface area contributed by atoms with Crippen LogP contribution in [0.4, 0.5) is 0 Å². The lowest BCUT2D eigenvalue weighted by molar-refractivity contribution is -0.132. The molecule has 1 N–H and O–H groups in total. The first-order chi connectivity index (χ1) is 11.7. The number of fused-ring (bicyclic) bond motifs is 3. The topological polar surface area (TPSA) is 55.8 Å². The van der Waals surface area contributed by atoms with Crippen LogP contribution in [0.15, 0.2) is 48.5 Å². The predicted molar refractivity (Wildman–Crippen MR) is 89.3 cm³/mol. The van der Waals surface area contributed by atoms with Gasteiger partial charge in [0.2, 0.25) is 6.29 Å². The molecule has 0 amide bonds. The lowest BCUT2D eigenvalue weighted by Crippen LogP contribution is -2.43. The molecule has 1 aliphatic carbocycles. The number of carbonyl (C=O) groups excluding carboxylic acids is 1. The van der Waals surface area contributed by atoms with Crippen LogP contribution >= 0.6 is 0 Å². The van der Waals surface area contributed by atoms with Crippen molar-refractivity contribution < 1.29 is 19.4 Å². The van der Waals surface area contributed by atoms with Gasteiger partial charge < -0.3 is 14.6 Å². The Morgan fingerprint density at radius 3 is 2.38 bits per heavy atom. The van der Waals surface area contributed by atoms with Crippen molar-refractivity contribution in [2.45, 2.75) is 31.0 Å². The Bertz CT molecular complexity index is 770. The molecule has 0 saturated heterocycles. The smallest absolute Gasteiger partial charge is 0.201 e. The Labute approximate surface area is 141 Å². The van der Waals surface area contributed by atoms with Crippen LogP contribution in [0.25, 0.3) is 0 Å². The SMILES string of the molecule is COc1ccccc1[C@H]1CC(=O)C[C@H]2c3ccccc3O[C@H](O)[C@H]12. The van der Waals surface area contributed by atoms with Crippen LogP contribution in [0.2, 0.25) is 0 Å². The number of carbonyl (C=O) groups is 1. The van der Waals surface area contributed by atoms with Crippen molar-refractivity contribution in [1.29, 1.82) is 0 Å². The van der Waals surface area contributed by atoms with Crippen molar-refractivity contribution in [2.75, 3.05) is 7.11 Å². The maximum atomic E-state index is 12.5. The van der Waals surface area contributed by atoms with Gasteiger partial charge in [0.05, 0.1) is 7.11 Å². The van der Waals surface area contributed by atoms with Gasteiger partial charge in [0.1, 0.15) is 17.3 Å². The monoisotopic (exact) mass is 324 g/mol. The lowest BCUT2D eigenvalue weighted by atomic mass is 9.65. The van der Waals surface area contributed by atoms with Gasteiger partial charge in [-0.25, -0.2) is 0 Å². The zero-order chi connectivity index (χ0) is 16.7. The number of ketones is 1. The molecule has 2 aliphatic rings. The van der Waals surface area contributed by atoms with E-state index in [1.165, 1.54) is 0 Å². The highest BCUT2D eigenvalue weighted by molar-refractivity contribution is 5.82. The number of ether oxygens (including phenoxy) is 2. The molecule has 1 fully saturated rings. The fraction of sp³-hybridized carbons (Fsp3) is 0.350. The van der Waals surface area contributed by atoms with Crippen molar-refractivity contribution in [1.82, 2.24) is 0 Å². The highest BCUT2D eigenvalue weighted by Crippen LogP contribution is 2.52. The van der Waals surface area contributed by atoms with Gasteiger partial charge in [-0.2, -0.15) is 0 Å². The average molecular weight is 324 g/mol. The van der Waals surface area contributed by atoms with Gasteiger partial charge >= 0.3 is 0 Å². The van der Waals surface area contributed by atoms with E-state index in [4.69, 9.17) is 9.47 Å². The summed E-state index contributed by atoms with van der Waals surface area (Å²) < 4.78 is 11.2. The Hall–Kier alpha value is -2.33. The molecule has 24 heavy (non-hydrogen) atoms. The third-order valence-corrected chi connectivity index (χ3v) is 5.26. The molecular weight excluding hydrogens is 304 g/mol. The van der Waals surface area contributed by atoms with E-state index in [-0.39, 0.29) is 23.5 Å². The molecule has 0 aromatic heterocycles. The zero-order valence-electron chi connectivity index (χ0n) is 13.5. The fourth-order valence-corrected chi connectivity index (χ4v) is 4.23. The molecule has 4 nitrogen and oxygen atoms in total. The van der Waals surface area contributed by atoms with E-state index in [2.05, 4.69) is 0 Å². The Morgan fingerprint density at radius 1 is 1.00 bits per heavy atom. The number of para-hydroxylation sites is 2. The van der Waals surface area contributed by atoms with Gasteiger partial charge in [0.25, 0.3) is 0 Å². The summed E-state index contributed by atoms with van der Waals surface area (Å²) in [5.74, 6) is 1.35. The molecule has 1 heterocycles. The number of aliphatic hydroxyl groups is 1. The molecule has 124 valence electrons. The number of methoxy groups -OCH3 is 1. The first-order valence-electron chi connectivity index (χ1n) is 8.27. The number of hydrogen-bond donors (Lipinski definition) is 1. The van der Waals surface area contributed by atoms with Crippen molar-refractivity contribution in [3.63, 3.8) is 0 Å². The van der Waals surface area contributed by atoms with Crippen LogP contribution in [-0.2, 0) is 4.79 Å². The Kier molecular flexibility index (Phi) is 3.77. The third kappa shape index (κ3) is 2.38. The Morgan fingerprint density at radius 2 is 1.62 bits per heavy atom. The number of aliphatic hydroxyl groups excluding tert-OH is 1. The van der Waals surface area contributed by atoms with Gasteiger partial charge in [-0.05, 0) is 23.3 Å². The van der Waals surface area contributed by atoms with Gasteiger partial charge in [-0.15, -0.1) is 0 Å². The average Bonchev–Trinajstić information content (AvgIpc) is 2.61. The maximum Gasteiger partial charge on any atom is 0.201 e.